The second kappa shape index (κ2) is 5.68. The summed E-state index contributed by atoms with van der Waals surface area (Å²) in [5.74, 6) is -0.443. The summed E-state index contributed by atoms with van der Waals surface area (Å²) >= 11 is 0. The normalized spacial score (nSPS) is 11.3. The molecule has 0 aliphatic rings. The number of carbonyl (C=O) groups is 1. The van der Waals surface area contributed by atoms with Crippen LogP contribution in [0.4, 0.5) is 13.2 Å². The minimum atomic E-state index is -4.46. The van der Waals surface area contributed by atoms with Crippen LogP contribution in [0.1, 0.15) is 16.2 Å². The Kier molecular flexibility index (Phi) is 3.97. The van der Waals surface area contributed by atoms with E-state index >= 15 is 0 Å². The summed E-state index contributed by atoms with van der Waals surface area (Å²) < 4.78 is 38.0. The Bertz CT molecular complexity index is 581. The lowest BCUT2D eigenvalue weighted by Gasteiger charge is -2.05. The minimum Gasteiger partial charge on any atom is -0.349 e. The molecule has 0 atom stereocenters. The summed E-state index contributed by atoms with van der Waals surface area (Å²) in [6.45, 7) is 0.260. The highest BCUT2D eigenvalue weighted by atomic mass is 19.4. The highest BCUT2D eigenvalue weighted by molar-refractivity contribution is 5.91. The molecule has 0 fully saturated rings. The van der Waals surface area contributed by atoms with Gasteiger partial charge < -0.3 is 5.32 Å². The predicted molar refractivity (Wildman–Crippen MR) is 61.6 cm³/mol. The minimum absolute atomic E-state index is 0.127. The van der Waals surface area contributed by atoms with Gasteiger partial charge in [-0.15, -0.1) is 0 Å². The topological polar surface area (TPSA) is 72.7 Å². The molecule has 0 aliphatic carbocycles. The summed E-state index contributed by atoms with van der Waals surface area (Å²) in [5, 5.41) is 5.88. The maximum atomic E-state index is 12.3. The van der Waals surface area contributed by atoms with E-state index in [-0.39, 0.29) is 18.8 Å². The molecule has 106 valence electrons. The molecule has 0 saturated heterocycles. The van der Waals surface area contributed by atoms with Gasteiger partial charge in [0.05, 0.1) is 12.7 Å². The zero-order chi connectivity index (χ0) is 14.6. The number of alkyl halides is 3. The lowest BCUT2D eigenvalue weighted by Crippen LogP contribution is -2.28. The van der Waals surface area contributed by atoms with Gasteiger partial charge >= 0.3 is 6.18 Å². The lowest BCUT2D eigenvalue weighted by molar-refractivity contribution is -0.141. The SMILES string of the molecule is O=C(NCCn1ccc(C(F)(F)F)n1)c1cnccn1. The average molecular weight is 285 g/mol. The van der Waals surface area contributed by atoms with Crippen LogP contribution in [-0.2, 0) is 12.7 Å². The number of aromatic nitrogens is 4. The van der Waals surface area contributed by atoms with Crippen LogP contribution in [0.2, 0.25) is 0 Å². The Morgan fingerprint density at radius 1 is 1.35 bits per heavy atom. The first-order valence-corrected chi connectivity index (χ1v) is 5.61. The van der Waals surface area contributed by atoms with Crippen LogP contribution in [0, 0.1) is 0 Å². The number of nitrogens with one attached hydrogen (secondary N) is 1. The molecule has 2 heterocycles. The van der Waals surface area contributed by atoms with Crippen molar-refractivity contribution in [3.63, 3.8) is 0 Å². The molecule has 1 N–H and O–H groups in total. The molecular formula is C11H10F3N5O. The van der Waals surface area contributed by atoms with E-state index in [1.165, 1.54) is 24.8 Å². The van der Waals surface area contributed by atoms with Crippen molar-refractivity contribution in [3.8, 4) is 0 Å². The molecule has 0 saturated carbocycles. The third-order valence-corrected chi connectivity index (χ3v) is 2.35. The fourth-order valence-electron chi connectivity index (χ4n) is 1.43. The van der Waals surface area contributed by atoms with Crippen molar-refractivity contribution >= 4 is 5.91 Å². The predicted octanol–water partition coefficient (Wildman–Crippen LogP) is 1.12. The zero-order valence-electron chi connectivity index (χ0n) is 10.1. The molecular weight excluding hydrogens is 275 g/mol. The van der Waals surface area contributed by atoms with Crippen LogP contribution in [0.3, 0.4) is 0 Å². The third-order valence-electron chi connectivity index (χ3n) is 2.35. The van der Waals surface area contributed by atoms with Gasteiger partial charge in [0.1, 0.15) is 5.69 Å². The summed E-state index contributed by atoms with van der Waals surface area (Å²) in [4.78, 5) is 19.1. The largest absolute Gasteiger partial charge is 0.435 e. The van der Waals surface area contributed by atoms with Crippen molar-refractivity contribution in [2.75, 3.05) is 6.54 Å². The summed E-state index contributed by atoms with van der Waals surface area (Å²) in [6, 6.07) is 0.879. The lowest BCUT2D eigenvalue weighted by atomic mass is 10.4. The van der Waals surface area contributed by atoms with E-state index in [1.54, 1.807) is 0 Å². The number of carbonyl (C=O) groups excluding carboxylic acids is 1. The second-order valence-electron chi connectivity index (χ2n) is 3.81. The van der Waals surface area contributed by atoms with Crippen LogP contribution in [-0.4, -0.2) is 32.2 Å². The van der Waals surface area contributed by atoms with E-state index < -0.39 is 17.8 Å². The van der Waals surface area contributed by atoms with Crippen molar-refractivity contribution in [2.45, 2.75) is 12.7 Å². The number of amides is 1. The molecule has 9 heteroatoms. The fourth-order valence-corrected chi connectivity index (χ4v) is 1.43. The first kappa shape index (κ1) is 14.0. The van der Waals surface area contributed by atoms with Gasteiger partial charge in [-0.25, -0.2) is 4.98 Å². The number of hydrogen-bond donors (Lipinski definition) is 1. The van der Waals surface area contributed by atoms with Crippen LogP contribution in [0.15, 0.2) is 30.9 Å². The van der Waals surface area contributed by atoms with E-state index in [9.17, 15) is 18.0 Å². The second-order valence-corrected chi connectivity index (χ2v) is 3.81. The number of rotatable bonds is 4. The number of hydrogen-bond acceptors (Lipinski definition) is 4. The van der Waals surface area contributed by atoms with Gasteiger partial charge in [0.15, 0.2) is 5.69 Å². The monoisotopic (exact) mass is 285 g/mol. The average Bonchev–Trinajstić information content (AvgIpc) is 2.88. The van der Waals surface area contributed by atoms with Gasteiger partial charge in [0.2, 0.25) is 0 Å². The number of nitrogens with zero attached hydrogens (tertiary/aromatic N) is 4. The molecule has 2 rings (SSSR count). The molecule has 6 nitrogen and oxygen atoms in total. The summed E-state index contributed by atoms with van der Waals surface area (Å²) in [5.41, 5.74) is -0.818. The van der Waals surface area contributed by atoms with Crippen LogP contribution in [0.5, 0.6) is 0 Å². The van der Waals surface area contributed by atoms with Crippen molar-refractivity contribution < 1.29 is 18.0 Å². The standard InChI is InChI=1S/C11H10F3N5O/c12-11(13,14)9-1-5-19(18-9)6-4-17-10(20)8-7-15-2-3-16-8/h1-3,5,7H,4,6H2,(H,17,20). The molecule has 0 unspecified atom stereocenters. The van der Waals surface area contributed by atoms with E-state index in [2.05, 4.69) is 20.4 Å². The maximum Gasteiger partial charge on any atom is 0.435 e. The van der Waals surface area contributed by atoms with E-state index in [0.29, 0.717) is 0 Å². The van der Waals surface area contributed by atoms with E-state index in [0.717, 1.165) is 10.7 Å². The Morgan fingerprint density at radius 2 is 2.15 bits per heavy atom. The Morgan fingerprint density at radius 3 is 2.75 bits per heavy atom. The molecule has 0 bridgehead atoms. The highest BCUT2D eigenvalue weighted by Crippen LogP contribution is 2.27. The molecule has 0 aromatic carbocycles. The van der Waals surface area contributed by atoms with Gasteiger partial charge in [-0.1, -0.05) is 0 Å². The first-order valence-electron chi connectivity index (χ1n) is 5.61. The first-order chi connectivity index (χ1) is 9.47. The van der Waals surface area contributed by atoms with E-state index in [1.807, 2.05) is 0 Å². The van der Waals surface area contributed by atoms with Gasteiger partial charge in [-0.2, -0.15) is 18.3 Å². The Balaban J connectivity index is 1.85. The summed E-state index contributed by atoms with van der Waals surface area (Å²) in [7, 11) is 0. The number of halogens is 3. The van der Waals surface area contributed by atoms with Gasteiger partial charge in [0.25, 0.3) is 5.91 Å². The van der Waals surface area contributed by atoms with Gasteiger partial charge in [-0.05, 0) is 6.07 Å². The van der Waals surface area contributed by atoms with Crippen molar-refractivity contribution in [1.29, 1.82) is 0 Å². The quantitative estimate of drug-likeness (QED) is 0.913. The third kappa shape index (κ3) is 3.53. The van der Waals surface area contributed by atoms with Crippen molar-refractivity contribution in [2.24, 2.45) is 0 Å². The van der Waals surface area contributed by atoms with Crippen molar-refractivity contribution in [1.82, 2.24) is 25.1 Å². The maximum absolute atomic E-state index is 12.3. The molecule has 0 spiro atoms. The molecule has 2 aromatic rings. The molecule has 20 heavy (non-hydrogen) atoms. The zero-order valence-corrected chi connectivity index (χ0v) is 10.1. The van der Waals surface area contributed by atoms with Gasteiger partial charge in [-0.3, -0.25) is 14.5 Å². The molecule has 0 aliphatic heterocycles. The molecule has 1 amide bonds. The van der Waals surface area contributed by atoms with Crippen LogP contribution < -0.4 is 5.32 Å². The Labute approximate surface area is 111 Å². The smallest absolute Gasteiger partial charge is 0.349 e. The van der Waals surface area contributed by atoms with E-state index in [4.69, 9.17) is 0 Å². The van der Waals surface area contributed by atoms with Crippen LogP contribution in [0.25, 0.3) is 0 Å². The molecule has 2 aromatic heterocycles. The summed E-state index contributed by atoms with van der Waals surface area (Å²) in [6.07, 6.45) is 0.841. The fraction of sp³-hybridized carbons (Fsp3) is 0.273. The highest BCUT2D eigenvalue weighted by Gasteiger charge is 2.33. The van der Waals surface area contributed by atoms with Gasteiger partial charge in [0, 0.05) is 25.1 Å². The Hall–Kier alpha value is -2.45. The van der Waals surface area contributed by atoms with Crippen molar-refractivity contribution in [3.05, 3.63) is 42.2 Å². The molecule has 0 radical (unpaired) electrons. The van der Waals surface area contributed by atoms with Crippen LogP contribution >= 0.6 is 0 Å².